The first-order valence-corrected chi connectivity index (χ1v) is 6.84. The van der Waals surface area contributed by atoms with Crippen LogP contribution >= 0.6 is 11.8 Å². The maximum Gasteiger partial charge on any atom is 0.181 e. The van der Waals surface area contributed by atoms with Crippen LogP contribution in [0, 0.1) is 0 Å². The Hall–Kier alpha value is -1.14. The highest BCUT2D eigenvalue weighted by atomic mass is 32.2. The SMILES string of the molecule is CCNC(CC)CSc1ncnc2nc[nH]c12. The zero-order valence-electron chi connectivity index (χ0n) is 10.1. The first-order chi connectivity index (χ1) is 8.35. The van der Waals surface area contributed by atoms with Crippen LogP contribution in [0.15, 0.2) is 17.7 Å². The van der Waals surface area contributed by atoms with E-state index in [0.717, 1.165) is 34.9 Å². The van der Waals surface area contributed by atoms with E-state index >= 15 is 0 Å². The number of thioether (sulfide) groups is 1. The van der Waals surface area contributed by atoms with Crippen LogP contribution in [-0.2, 0) is 0 Å². The van der Waals surface area contributed by atoms with E-state index in [9.17, 15) is 0 Å². The smallest absolute Gasteiger partial charge is 0.181 e. The van der Waals surface area contributed by atoms with Crippen molar-refractivity contribution < 1.29 is 0 Å². The first kappa shape index (κ1) is 12.3. The number of nitrogens with zero attached hydrogens (tertiary/aromatic N) is 3. The normalized spacial score (nSPS) is 13.1. The van der Waals surface area contributed by atoms with E-state index in [-0.39, 0.29) is 0 Å². The highest BCUT2D eigenvalue weighted by molar-refractivity contribution is 7.99. The molecule has 0 aliphatic carbocycles. The van der Waals surface area contributed by atoms with Gasteiger partial charge in [0, 0.05) is 11.8 Å². The number of aromatic nitrogens is 4. The Bertz CT molecular complexity index is 470. The summed E-state index contributed by atoms with van der Waals surface area (Å²) in [4.78, 5) is 15.6. The lowest BCUT2D eigenvalue weighted by molar-refractivity contribution is 0.560. The fourth-order valence-corrected chi connectivity index (χ4v) is 2.77. The Balaban J connectivity index is 2.05. The number of nitrogens with one attached hydrogen (secondary N) is 2. The Kier molecular flexibility index (Phi) is 4.33. The number of rotatable bonds is 6. The molecule has 0 aliphatic rings. The van der Waals surface area contributed by atoms with Crippen LogP contribution in [0.5, 0.6) is 0 Å². The molecule has 92 valence electrons. The summed E-state index contributed by atoms with van der Waals surface area (Å²) < 4.78 is 0. The van der Waals surface area contributed by atoms with E-state index in [2.05, 4.69) is 39.1 Å². The second kappa shape index (κ2) is 5.97. The summed E-state index contributed by atoms with van der Waals surface area (Å²) in [5.41, 5.74) is 1.67. The second-order valence-electron chi connectivity index (χ2n) is 3.75. The number of H-pyrrole nitrogens is 1. The fourth-order valence-electron chi connectivity index (χ4n) is 1.64. The van der Waals surface area contributed by atoms with Gasteiger partial charge in [0.05, 0.1) is 6.33 Å². The van der Waals surface area contributed by atoms with Crippen molar-refractivity contribution in [1.82, 2.24) is 25.3 Å². The van der Waals surface area contributed by atoms with Crippen molar-refractivity contribution in [3.05, 3.63) is 12.7 Å². The minimum atomic E-state index is 0.526. The second-order valence-corrected chi connectivity index (χ2v) is 4.76. The number of aromatic amines is 1. The summed E-state index contributed by atoms with van der Waals surface area (Å²) in [6, 6.07) is 0.526. The standard InChI is InChI=1S/C11H17N5S/c1-3-8(12-4-2)5-17-11-9-10(14-6-13-9)15-7-16-11/h6-8,12H,3-5H2,1-2H3,(H,13,14,15,16). The van der Waals surface area contributed by atoms with Crippen molar-refractivity contribution in [3.8, 4) is 0 Å². The molecule has 5 nitrogen and oxygen atoms in total. The molecule has 1 atom stereocenters. The molecule has 0 aliphatic heterocycles. The molecule has 0 amide bonds. The molecule has 2 aromatic heterocycles. The monoisotopic (exact) mass is 251 g/mol. The summed E-state index contributed by atoms with van der Waals surface area (Å²) in [6.45, 7) is 5.33. The zero-order valence-corrected chi connectivity index (χ0v) is 10.9. The van der Waals surface area contributed by atoms with Gasteiger partial charge >= 0.3 is 0 Å². The average Bonchev–Trinajstić information content (AvgIpc) is 2.83. The topological polar surface area (TPSA) is 66.5 Å². The van der Waals surface area contributed by atoms with Crippen LogP contribution in [0.3, 0.4) is 0 Å². The lowest BCUT2D eigenvalue weighted by Crippen LogP contribution is -2.30. The summed E-state index contributed by atoms with van der Waals surface area (Å²) in [7, 11) is 0. The number of imidazole rings is 1. The quantitative estimate of drug-likeness (QED) is 0.605. The molecule has 17 heavy (non-hydrogen) atoms. The van der Waals surface area contributed by atoms with E-state index in [1.807, 2.05) is 0 Å². The number of hydrogen-bond acceptors (Lipinski definition) is 5. The molecule has 6 heteroatoms. The van der Waals surface area contributed by atoms with Gasteiger partial charge in [-0.25, -0.2) is 15.0 Å². The van der Waals surface area contributed by atoms with Crippen LogP contribution in [0.25, 0.3) is 11.2 Å². The van der Waals surface area contributed by atoms with Crippen molar-refractivity contribution >= 4 is 22.9 Å². The molecular formula is C11H17N5S. The highest BCUT2D eigenvalue weighted by Gasteiger charge is 2.09. The molecule has 2 N–H and O–H groups in total. The Morgan fingerprint density at radius 1 is 1.35 bits per heavy atom. The van der Waals surface area contributed by atoms with Crippen LogP contribution < -0.4 is 5.32 Å². The van der Waals surface area contributed by atoms with Gasteiger partial charge in [0.1, 0.15) is 16.9 Å². The molecule has 0 bridgehead atoms. The Morgan fingerprint density at radius 2 is 2.24 bits per heavy atom. The summed E-state index contributed by atoms with van der Waals surface area (Å²) in [5.74, 6) is 1.01. The van der Waals surface area contributed by atoms with Crippen LogP contribution in [0.2, 0.25) is 0 Å². The molecule has 0 aromatic carbocycles. The predicted molar refractivity (Wildman–Crippen MR) is 70.2 cm³/mol. The van der Waals surface area contributed by atoms with Gasteiger partial charge in [-0.3, -0.25) is 0 Å². The predicted octanol–water partition coefficient (Wildman–Crippen LogP) is 1.83. The van der Waals surface area contributed by atoms with Crippen LogP contribution in [0.4, 0.5) is 0 Å². The van der Waals surface area contributed by atoms with Crippen LogP contribution in [-0.4, -0.2) is 38.3 Å². The third-order valence-corrected chi connectivity index (χ3v) is 3.75. The van der Waals surface area contributed by atoms with E-state index in [4.69, 9.17) is 0 Å². The molecule has 2 heterocycles. The lowest BCUT2D eigenvalue weighted by atomic mass is 10.2. The third-order valence-electron chi connectivity index (χ3n) is 2.60. The molecular weight excluding hydrogens is 234 g/mol. The fraction of sp³-hybridized carbons (Fsp3) is 0.545. The number of fused-ring (bicyclic) bond motifs is 1. The van der Waals surface area contributed by atoms with Gasteiger partial charge in [-0.05, 0) is 13.0 Å². The molecule has 2 aromatic rings. The first-order valence-electron chi connectivity index (χ1n) is 5.85. The van der Waals surface area contributed by atoms with Gasteiger partial charge in [-0.1, -0.05) is 13.8 Å². The zero-order chi connectivity index (χ0) is 12.1. The van der Waals surface area contributed by atoms with Crippen molar-refractivity contribution in [2.75, 3.05) is 12.3 Å². The third kappa shape index (κ3) is 2.95. The lowest BCUT2D eigenvalue weighted by Gasteiger charge is -2.14. The van der Waals surface area contributed by atoms with E-state index in [1.165, 1.54) is 0 Å². The molecule has 0 fully saturated rings. The molecule has 0 spiro atoms. The van der Waals surface area contributed by atoms with Gasteiger partial charge in [0.15, 0.2) is 5.65 Å². The van der Waals surface area contributed by atoms with E-state index in [0.29, 0.717) is 6.04 Å². The molecule has 0 saturated carbocycles. The Labute approximate surface area is 105 Å². The van der Waals surface area contributed by atoms with Gasteiger partial charge in [-0.2, -0.15) is 0 Å². The van der Waals surface area contributed by atoms with Gasteiger partial charge < -0.3 is 10.3 Å². The summed E-state index contributed by atoms with van der Waals surface area (Å²) in [6.07, 6.45) is 4.35. The summed E-state index contributed by atoms with van der Waals surface area (Å²) in [5, 5.41) is 4.43. The Morgan fingerprint density at radius 3 is 3.00 bits per heavy atom. The van der Waals surface area contributed by atoms with Gasteiger partial charge in [0.25, 0.3) is 0 Å². The van der Waals surface area contributed by atoms with E-state index < -0.39 is 0 Å². The molecule has 0 saturated heterocycles. The number of hydrogen-bond donors (Lipinski definition) is 2. The maximum atomic E-state index is 4.30. The molecule has 2 rings (SSSR count). The van der Waals surface area contributed by atoms with Crippen molar-refractivity contribution in [3.63, 3.8) is 0 Å². The molecule has 1 unspecified atom stereocenters. The van der Waals surface area contributed by atoms with Crippen molar-refractivity contribution in [1.29, 1.82) is 0 Å². The maximum absolute atomic E-state index is 4.30. The van der Waals surface area contributed by atoms with Gasteiger partial charge in [-0.15, -0.1) is 11.8 Å². The molecule has 0 radical (unpaired) electrons. The van der Waals surface area contributed by atoms with E-state index in [1.54, 1.807) is 24.4 Å². The minimum Gasteiger partial charge on any atom is -0.341 e. The largest absolute Gasteiger partial charge is 0.341 e. The average molecular weight is 251 g/mol. The highest BCUT2D eigenvalue weighted by Crippen LogP contribution is 2.22. The summed E-state index contributed by atoms with van der Waals surface area (Å²) >= 11 is 1.74. The van der Waals surface area contributed by atoms with Crippen LogP contribution in [0.1, 0.15) is 20.3 Å². The van der Waals surface area contributed by atoms with Crippen molar-refractivity contribution in [2.24, 2.45) is 0 Å². The van der Waals surface area contributed by atoms with Gasteiger partial charge in [0.2, 0.25) is 0 Å². The minimum absolute atomic E-state index is 0.526. The van der Waals surface area contributed by atoms with Crippen molar-refractivity contribution in [2.45, 2.75) is 31.3 Å².